The summed E-state index contributed by atoms with van der Waals surface area (Å²) >= 11 is 6.49. The van der Waals surface area contributed by atoms with Gasteiger partial charge in [0, 0.05) is 17.7 Å². The first-order chi connectivity index (χ1) is 15.0. The maximum Gasteiger partial charge on any atom is 0.258 e. The van der Waals surface area contributed by atoms with Crippen LogP contribution in [0.4, 0.5) is 10.1 Å². The number of carbonyl (C=O) groups excluding carboxylic acids is 1. The van der Waals surface area contributed by atoms with Crippen LogP contribution in [0.15, 0.2) is 60.7 Å². The Kier molecular flexibility index (Phi) is 5.96. The highest BCUT2D eigenvalue weighted by molar-refractivity contribution is 6.36. The monoisotopic (exact) mass is 437 g/mol. The van der Waals surface area contributed by atoms with Crippen LogP contribution in [0.5, 0.6) is 11.5 Å². The molecule has 0 saturated carbocycles. The quantitative estimate of drug-likeness (QED) is 0.446. The highest BCUT2D eigenvalue weighted by atomic mass is 35.5. The van der Waals surface area contributed by atoms with Gasteiger partial charge in [-0.15, -0.1) is 0 Å². The molecule has 0 aliphatic carbocycles. The van der Waals surface area contributed by atoms with Gasteiger partial charge < -0.3 is 14.4 Å². The number of hydrogen-bond donors (Lipinski definition) is 0. The number of ether oxygens (including phenoxy) is 2. The first-order valence-electron chi connectivity index (χ1n) is 9.89. The van der Waals surface area contributed by atoms with Crippen molar-refractivity contribution in [3.63, 3.8) is 0 Å². The number of amides is 1. The second-order valence-electron chi connectivity index (χ2n) is 7.07. The second-order valence-corrected chi connectivity index (χ2v) is 7.48. The van der Waals surface area contributed by atoms with Crippen molar-refractivity contribution in [2.24, 2.45) is 0 Å². The fraction of sp³-hybridized carbons (Fsp3) is 0.160. The number of halogens is 2. The Balaban J connectivity index is 1.65. The molecule has 0 radical (unpaired) electrons. The SMILES string of the molecule is CCN1C(=O)/C(=C\c2cc(Cl)c(OCc3ccc(F)cc3)c(OC)c2)c2ccccc21. The van der Waals surface area contributed by atoms with E-state index in [9.17, 15) is 9.18 Å². The zero-order valence-corrected chi connectivity index (χ0v) is 17.9. The molecule has 0 unspecified atom stereocenters. The van der Waals surface area contributed by atoms with Crippen LogP contribution in [0.25, 0.3) is 11.6 Å². The van der Waals surface area contributed by atoms with E-state index in [1.807, 2.05) is 37.3 Å². The molecule has 0 bridgehead atoms. The highest BCUT2D eigenvalue weighted by Gasteiger charge is 2.30. The number of rotatable bonds is 6. The minimum Gasteiger partial charge on any atom is -0.493 e. The summed E-state index contributed by atoms with van der Waals surface area (Å²) in [5.74, 6) is 0.494. The maximum absolute atomic E-state index is 13.1. The lowest BCUT2D eigenvalue weighted by molar-refractivity contribution is -0.112. The number of fused-ring (bicyclic) bond motifs is 1. The van der Waals surface area contributed by atoms with Gasteiger partial charge in [0.2, 0.25) is 0 Å². The number of anilines is 1. The first-order valence-corrected chi connectivity index (χ1v) is 10.3. The van der Waals surface area contributed by atoms with Crippen molar-refractivity contribution in [1.82, 2.24) is 0 Å². The normalized spacial score (nSPS) is 14.1. The summed E-state index contributed by atoms with van der Waals surface area (Å²) in [5.41, 5.74) is 3.93. The standard InChI is InChI=1S/C25H21ClFNO3/c1-3-28-22-7-5-4-6-19(22)20(25(28)29)12-17-13-21(26)24(23(14-17)30-2)31-15-16-8-10-18(27)11-9-16/h4-14H,3,15H2,1-2H3/b20-12-. The topological polar surface area (TPSA) is 38.8 Å². The summed E-state index contributed by atoms with van der Waals surface area (Å²) < 4.78 is 24.4. The molecule has 0 aromatic heterocycles. The van der Waals surface area contributed by atoms with Crippen molar-refractivity contribution in [2.75, 3.05) is 18.6 Å². The molecule has 1 amide bonds. The molecule has 0 spiro atoms. The number of para-hydroxylation sites is 1. The van der Waals surface area contributed by atoms with Crippen molar-refractivity contribution in [2.45, 2.75) is 13.5 Å². The molecule has 1 heterocycles. The first kappa shape index (κ1) is 20.9. The van der Waals surface area contributed by atoms with Gasteiger partial charge in [0.1, 0.15) is 12.4 Å². The van der Waals surface area contributed by atoms with E-state index in [0.29, 0.717) is 28.6 Å². The Hall–Kier alpha value is -3.31. The van der Waals surface area contributed by atoms with Crippen molar-refractivity contribution in [3.05, 3.63) is 88.2 Å². The summed E-state index contributed by atoms with van der Waals surface area (Å²) in [4.78, 5) is 14.7. The van der Waals surface area contributed by atoms with Crippen LogP contribution in [0.3, 0.4) is 0 Å². The van der Waals surface area contributed by atoms with Gasteiger partial charge in [0.15, 0.2) is 11.5 Å². The van der Waals surface area contributed by atoms with E-state index in [1.54, 1.807) is 29.2 Å². The van der Waals surface area contributed by atoms with Gasteiger partial charge in [-0.2, -0.15) is 0 Å². The molecule has 0 atom stereocenters. The molecule has 3 aromatic carbocycles. The van der Waals surface area contributed by atoms with E-state index in [0.717, 1.165) is 22.4 Å². The molecule has 1 aliphatic heterocycles. The van der Waals surface area contributed by atoms with E-state index in [2.05, 4.69) is 0 Å². The summed E-state index contributed by atoms with van der Waals surface area (Å²) in [6.07, 6.45) is 1.81. The molecule has 4 rings (SSSR count). The van der Waals surface area contributed by atoms with E-state index < -0.39 is 0 Å². The fourth-order valence-electron chi connectivity index (χ4n) is 3.63. The predicted octanol–water partition coefficient (Wildman–Crippen LogP) is 5.97. The third-order valence-corrected chi connectivity index (χ3v) is 5.42. The van der Waals surface area contributed by atoms with E-state index in [4.69, 9.17) is 21.1 Å². The van der Waals surface area contributed by atoms with Gasteiger partial charge in [-0.05, 0) is 54.5 Å². The van der Waals surface area contributed by atoms with Gasteiger partial charge in [-0.25, -0.2) is 4.39 Å². The third-order valence-electron chi connectivity index (χ3n) is 5.14. The van der Waals surface area contributed by atoms with Gasteiger partial charge in [-0.1, -0.05) is 41.9 Å². The average molecular weight is 438 g/mol. The van der Waals surface area contributed by atoms with E-state index in [1.165, 1.54) is 19.2 Å². The van der Waals surface area contributed by atoms with Gasteiger partial charge in [0.25, 0.3) is 5.91 Å². The summed E-state index contributed by atoms with van der Waals surface area (Å²) in [6.45, 7) is 2.76. The molecular weight excluding hydrogens is 417 g/mol. The van der Waals surface area contributed by atoms with Crippen LogP contribution in [-0.2, 0) is 11.4 Å². The molecule has 0 N–H and O–H groups in total. The summed E-state index contributed by atoms with van der Waals surface area (Å²) in [7, 11) is 1.53. The molecule has 0 fully saturated rings. The number of methoxy groups -OCH3 is 1. The van der Waals surface area contributed by atoms with E-state index in [-0.39, 0.29) is 18.3 Å². The molecule has 0 saturated heterocycles. The highest BCUT2D eigenvalue weighted by Crippen LogP contribution is 2.41. The van der Waals surface area contributed by atoms with Crippen LogP contribution in [-0.4, -0.2) is 19.6 Å². The molecule has 6 heteroatoms. The van der Waals surface area contributed by atoms with Crippen LogP contribution >= 0.6 is 11.6 Å². The summed E-state index contributed by atoms with van der Waals surface area (Å²) in [5, 5.41) is 0.361. The van der Waals surface area contributed by atoms with Crippen molar-refractivity contribution < 1.29 is 18.7 Å². The van der Waals surface area contributed by atoms with Crippen molar-refractivity contribution in [3.8, 4) is 11.5 Å². The second kappa shape index (κ2) is 8.82. The molecule has 1 aliphatic rings. The van der Waals surface area contributed by atoms with Gasteiger partial charge in [0.05, 0.1) is 17.8 Å². The number of carbonyl (C=O) groups is 1. The molecular formula is C25H21ClFNO3. The van der Waals surface area contributed by atoms with Gasteiger partial charge >= 0.3 is 0 Å². The Morgan fingerprint density at radius 3 is 2.55 bits per heavy atom. The molecule has 158 valence electrons. The Morgan fingerprint density at radius 2 is 1.84 bits per heavy atom. The minimum atomic E-state index is -0.304. The van der Waals surface area contributed by atoms with Crippen LogP contribution in [0.2, 0.25) is 5.02 Å². The Morgan fingerprint density at radius 1 is 1.10 bits per heavy atom. The summed E-state index contributed by atoms with van der Waals surface area (Å²) in [6, 6.07) is 17.3. The minimum absolute atomic E-state index is 0.0459. The number of hydrogen-bond acceptors (Lipinski definition) is 3. The fourth-order valence-corrected chi connectivity index (χ4v) is 3.90. The lowest BCUT2D eigenvalue weighted by atomic mass is 10.0. The van der Waals surface area contributed by atoms with Gasteiger partial charge in [-0.3, -0.25) is 4.79 Å². The predicted molar refractivity (Wildman–Crippen MR) is 121 cm³/mol. The van der Waals surface area contributed by atoms with Crippen molar-refractivity contribution in [1.29, 1.82) is 0 Å². The van der Waals surface area contributed by atoms with Crippen molar-refractivity contribution >= 4 is 34.8 Å². The zero-order chi connectivity index (χ0) is 22.0. The number of likely N-dealkylation sites (N-methyl/N-ethyl adjacent to an activating group) is 1. The van der Waals surface area contributed by atoms with Crippen LogP contribution < -0.4 is 14.4 Å². The average Bonchev–Trinajstić information content (AvgIpc) is 3.04. The maximum atomic E-state index is 13.1. The smallest absolute Gasteiger partial charge is 0.258 e. The largest absolute Gasteiger partial charge is 0.493 e. The molecule has 31 heavy (non-hydrogen) atoms. The van der Waals surface area contributed by atoms with Crippen LogP contribution in [0.1, 0.15) is 23.6 Å². The zero-order valence-electron chi connectivity index (χ0n) is 17.2. The van der Waals surface area contributed by atoms with Crippen LogP contribution in [0, 0.1) is 5.82 Å². The number of nitrogens with zero attached hydrogens (tertiary/aromatic N) is 1. The Bertz CT molecular complexity index is 1160. The molecule has 4 nitrogen and oxygen atoms in total. The number of benzene rings is 3. The third kappa shape index (κ3) is 4.14. The lowest BCUT2D eigenvalue weighted by Gasteiger charge is -2.14. The van der Waals surface area contributed by atoms with E-state index >= 15 is 0 Å². The lowest BCUT2D eigenvalue weighted by Crippen LogP contribution is -2.25. The Labute approximate surface area is 185 Å². The molecule has 3 aromatic rings.